The molecule has 7 heteroatoms. The lowest BCUT2D eigenvalue weighted by Crippen LogP contribution is -2.41. The van der Waals surface area contributed by atoms with Gasteiger partial charge in [-0.05, 0) is 44.9 Å². The monoisotopic (exact) mass is 316 g/mol. The van der Waals surface area contributed by atoms with Crippen molar-refractivity contribution in [3.05, 3.63) is 17.9 Å². The van der Waals surface area contributed by atoms with E-state index in [1.165, 1.54) is 6.07 Å². The topological polar surface area (TPSA) is 80.6 Å². The van der Waals surface area contributed by atoms with Crippen molar-refractivity contribution in [2.45, 2.75) is 56.9 Å². The fourth-order valence-electron chi connectivity index (χ4n) is 2.37. The van der Waals surface area contributed by atoms with Gasteiger partial charge in [0.1, 0.15) is 5.76 Å². The Kier molecular flexibility index (Phi) is 5.80. The summed E-state index contributed by atoms with van der Waals surface area (Å²) in [6.45, 7) is 6.02. The molecule has 0 bridgehead atoms. The highest BCUT2D eigenvalue weighted by Gasteiger charge is 2.27. The van der Waals surface area contributed by atoms with Gasteiger partial charge in [-0.1, -0.05) is 6.92 Å². The second kappa shape index (κ2) is 7.40. The van der Waals surface area contributed by atoms with Gasteiger partial charge in [0.25, 0.3) is 10.0 Å². The van der Waals surface area contributed by atoms with E-state index < -0.39 is 10.0 Å². The third-order valence-electron chi connectivity index (χ3n) is 3.43. The van der Waals surface area contributed by atoms with Gasteiger partial charge >= 0.3 is 0 Å². The van der Waals surface area contributed by atoms with Crippen molar-refractivity contribution >= 4 is 10.0 Å². The Balaban J connectivity index is 1.95. The summed E-state index contributed by atoms with van der Waals surface area (Å²) < 4.78 is 38.1. The number of hydrogen-bond acceptors (Lipinski definition) is 5. The molecule has 1 saturated heterocycles. The molecule has 2 unspecified atom stereocenters. The van der Waals surface area contributed by atoms with E-state index in [1.807, 2.05) is 6.92 Å². The zero-order valence-electron chi connectivity index (χ0n) is 12.6. The first-order chi connectivity index (χ1) is 10.0. The molecule has 0 aromatic carbocycles. The maximum atomic E-state index is 12.3. The average Bonchev–Trinajstić information content (AvgIpc) is 2.88. The van der Waals surface area contributed by atoms with Crippen molar-refractivity contribution in [1.29, 1.82) is 0 Å². The molecule has 2 heterocycles. The molecule has 1 fully saturated rings. The second-order valence-electron chi connectivity index (χ2n) is 5.42. The quantitative estimate of drug-likeness (QED) is 0.747. The maximum Gasteiger partial charge on any atom is 0.274 e. The molecule has 0 aliphatic carbocycles. The van der Waals surface area contributed by atoms with E-state index in [9.17, 15) is 8.42 Å². The predicted molar refractivity (Wildman–Crippen MR) is 79.5 cm³/mol. The van der Waals surface area contributed by atoms with Crippen LogP contribution in [-0.4, -0.2) is 33.7 Å². The van der Waals surface area contributed by atoms with Crippen LogP contribution >= 0.6 is 0 Å². The highest BCUT2D eigenvalue weighted by molar-refractivity contribution is 7.89. The lowest BCUT2D eigenvalue weighted by molar-refractivity contribution is 0.0172. The van der Waals surface area contributed by atoms with E-state index >= 15 is 0 Å². The van der Waals surface area contributed by atoms with E-state index in [4.69, 9.17) is 9.15 Å². The predicted octanol–water partition coefficient (Wildman–Crippen LogP) is 1.62. The van der Waals surface area contributed by atoms with Crippen LogP contribution in [0, 0.1) is 0 Å². The largest absolute Gasteiger partial charge is 0.447 e. The van der Waals surface area contributed by atoms with Crippen LogP contribution in [0.15, 0.2) is 21.6 Å². The Labute approximate surface area is 126 Å². The van der Waals surface area contributed by atoms with Crippen molar-refractivity contribution in [2.75, 3.05) is 13.2 Å². The van der Waals surface area contributed by atoms with Crippen molar-refractivity contribution < 1.29 is 17.6 Å². The van der Waals surface area contributed by atoms with Crippen molar-refractivity contribution in [3.63, 3.8) is 0 Å². The van der Waals surface area contributed by atoms with Gasteiger partial charge in [-0.25, -0.2) is 13.1 Å². The third-order valence-corrected chi connectivity index (χ3v) is 4.83. The first-order valence-electron chi connectivity index (χ1n) is 7.44. The minimum absolute atomic E-state index is 0.0186. The molecule has 120 valence electrons. The molecular formula is C14H24N2O4S. The molecule has 1 aliphatic heterocycles. The van der Waals surface area contributed by atoms with Gasteiger partial charge in [0.05, 0.1) is 12.6 Å². The SMILES string of the molecule is CCCNCc1ccc(S(=O)(=O)NC2CCOC(C)C2)o1. The van der Waals surface area contributed by atoms with E-state index in [0.29, 0.717) is 31.8 Å². The Bertz CT molecular complexity index is 541. The molecule has 1 aromatic rings. The van der Waals surface area contributed by atoms with Gasteiger partial charge in [0.2, 0.25) is 5.09 Å². The van der Waals surface area contributed by atoms with Crippen molar-refractivity contribution in [1.82, 2.24) is 10.0 Å². The van der Waals surface area contributed by atoms with Gasteiger partial charge in [-0.2, -0.15) is 0 Å². The van der Waals surface area contributed by atoms with Crippen LogP contribution in [0.5, 0.6) is 0 Å². The Hall–Kier alpha value is -0.890. The van der Waals surface area contributed by atoms with Crippen LogP contribution < -0.4 is 10.0 Å². The number of nitrogens with one attached hydrogen (secondary N) is 2. The maximum absolute atomic E-state index is 12.3. The van der Waals surface area contributed by atoms with Crippen LogP contribution in [-0.2, 0) is 21.3 Å². The molecule has 2 N–H and O–H groups in total. The number of furan rings is 1. The molecule has 1 aromatic heterocycles. The first-order valence-corrected chi connectivity index (χ1v) is 8.93. The normalized spacial score (nSPS) is 23.3. The fraction of sp³-hybridized carbons (Fsp3) is 0.714. The smallest absolute Gasteiger partial charge is 0.274 e. The van der Waals surface area contributed by atoms with E-state index in [1.54, 1.807) is 6.07 Å². The molecule has 0 spiro atoms. The Morgan fingerprint density at radius 2 is 2.19 bits per heavy atom. The number of hydrogen-bond donors (Lipinski definition) is 2. The first kappa shape index (κ1) is 16.5. The summed E-state index contributed by atoms with van der Waals surface area (Å²) in [4.78, 5) is 0. The van der Waals surface area contributed by atoms with Crippen LogP contribution in [0.2, 0.25) is 0 Å². The number of sulfonamides is 1. The lowest BCUT2D eigenvalue weighted by Gasteiger charge is -2.27. The van der Waals surface area contributed by atoms with Crippen LogP contribution in [0.1, 0.15) is 38.9 Å². The fourth-order valence-corrected chi connectivity index (χ4v) is 3.60. The zero-order chi connectivity index (χ0) is 15.3. The molecule has 6 nitrogen and oxygen atoms in total. The molecule has 1 aliphatic rings. The van der Waals surface area contributed by atoms with Crippen LogP contribution in [0.3, 0.4) is 0 Å². The summed E-state index contributed by atoms with van der Waals surface area (Å²) in [5, 5.41) is 3.16. The molecule has 0 saturated carbocycles. The molecule has 0 radical (unpaired) electrons. The highest BCUT2D eigenvalue weighted by atomic mass is 32.2. The molecule has 2 rings (SSSR count). The van der Waals surface area contributed by atoms with Crippen molar-refractivity contribution in [2.24, 2.45) is 0 Å². The lowest BCUT2D eigenvalue weighted by atomic mass is 10.1. The minimum atomic E-state index is -3.59. The summed E-state index contributed by atoms with van der Waals surface area (Å²) in [5.74, 6) is 0.629. The van der Waals surface area contributed by atoms with Crippen molar-refractivity contribution in [3.8, 4) is 0 Å². The third kappa shape index (κ3) is 4.81. The summed E-state index contributed by atoms with van der Waals surface area (Å²) >= 11 is 0. The molecular weight excluding hydrogens is 292 g/mol. The Morgan fingerprint density at radius 1 is 1.38 bits per heavy atom. The van der Waals surface area contributed by atoms with Crippen LogP contribution in [0.25, 0.3) is 0 Å². The van der Waals surface area contributed by atoms with Crippen LogP contribution in [0.4, 0.5) is 0 Å². The number of ether oxygens (including phenoxy) is 1. The standard InChI is InChI=1S/C14H24N2O4S/c1-3-7-15-10-13-4-5-14(20-13)21(17,18)16-12-6-8-19-11(2)9-12/h4-5,11-12,15-16H,3,6-10H2,1-2H3. The summed E-state index contributed by atoms with van der Waals surface area (Å²) in [6, 6.07) is 3.11. The summed E-state index contributed by atoms with van der Waals surface area (Å²) in [6.07, 6.45) is 2.48. The molecule has 21 heavy (non-hydrogen) atoms. The van der Waals surface area contributed by atoms with E-state index in [0.717, 1.165) is 13.0 Å². The number of rotatable bonds is 7. The molecule has 2 atom stereocenters. The van der Waals surface area contributed by atoms with E-state index in [2.05, 4.69) is 17.0 Å². The molecule has 0 amide bonds. The van der Waals surface area contributed by atoms with Gasteiger partial charge in [-0.15, -0.1) is 0 Å². The summed E-state index contributed by atoms with van der Waals surface area (Å²) in [7, 11) is -3.59. The Morgan fingerprint density at radius 3 is 2.90 bits per heavy atom. The van der Waals surface area contributed by atoms with Gasteiger partial charge in [0, 0.05) is 12.6 Å². The average molecular weight is 316 g/mol. The second-order valence-corrected chi connectivity index (χ2v) is 7.07. The zero-order valence-corrected chi connectivity index (χ0v) is 13.4. The van der Waals surface area contributed by atoms with Gasteiger partial charge in [0.15, 0.2) is 0 Å². The van der Waals surface area contributed by atoms with Gasteiger partial charge < -0.3 is 14.5 Å². The van der Waals surface area contributed by atoms with E-state index in [-0.39, 0.29) is 17.2 Å². The highest BCUT2D eigenvalue weighted by Crippen LogP contribution is 2.18. The van der Waals surface area contributed by atoms with Gasteiger partial charge in [-0.3, -0.25) is 0 Å². The minimum Gasteiger partial charge on any atom is -0.447 e. The summed E-state index contributed by atoms with van der Waals surface area (Å²) in [5.41, 5.74) is 0.